The van der Waals surface area contributed by atoms with Crippen molar-refractivity contribution in [2.24, 2.45) is 0 Å². The average Bonchev–Trinajstić information content (AvgIpc) is 3.37. The fourth-order valence-corrected chi connectivity index (χ4v) is 4.99. The lowest BCUT2D eigenvalue weighted by Gasteiger charge is -2.17. The van der Waals surface area contributed by atoms with Crippen molar-refractivity contribution in [3.05, 3.63) is 54.7 Å². The highest BCUT2D eigenvalue weighted by Crippen LogP contribution is 2.31. The molecule has 0 spiro atoms. The van der Waals surface area contributed by atoms with Gasteiger partial charge in [0.1, 0.15) is 16.4 Å². The Morgan fingerprint density at radius 3 is 2.35 bits per heavy atom. The van der Waals surface area contributed by atoms with Crippen LogP contribution in [0.1, 0.15) is 26.7 Å². The van der Waals surface area contributed by atoms with Gasteiger partial charge >= 0.3 is 0 Å². The molecule has 1 saturated heterocycles. The van der Waals surface area contributed by atoms with Gasteiger partial charge in [-0.15, -0.1) is 5.10 Å². The zero-order valence-corrected chi connectivity index (χ0v) is 20.1. The molecule has 0 bridgehead atoms. The number of anilines is 4. The fraction of sp³-hybridized carbons (Fsp3) is 0.333. The topological polar surface area (TPSA) is 106 Å². The number of benzene rings is 2. The van der Waals surface area contributed by atoms with Crippen molar-refractivity contribution in [3.8, 4) is 11.5 Å². The van der Waals surface area contributed by atoms with Crippen LogP contribution in [-0.4, -0.2) is 44.9 Å². The molecule has 4 rings (SSSR count). The molecule has 2 N–H and O–H groups in total. The molecule has 34 heavy (non-hydrogen) atoms. The van der Waals surface area contributed by atoms with Crippen LogP contribution in [-0.2, 0) is 10.0 Å². The van der Waals surface area contributed by atoms with E-state index in [9.17, 15) is 8.42 Å². The maximum Gasteiger partial charge on any atom is 0.265 e. The number of ether oxygens (including phenoxy) is 2. The molecule has 0 atom stereocenters. The number of aromatic nitrogens is 2. The van der Waals surface area contributed by atoms with Crippen molar-refractivity contribution < 1.29 is 17.9 Å². The van der Waals surface area contributed by atoms with Gasteiger partial charge in [0, 0.05) is 36.6 Å². The molecule has 2 aromatic carbocycles. The molecule has 1 aliphatic rings. The van der Waals surface area contributed by atoms with Crippen molar-refractivity contribution in [3.63, 3.8) is 0 Å². The largest absolute Gasteiger partial charge is 0.494 e. The normalized spacial score (nSPS) is 13.5. The molecule has 2 heterocycles. The van der Waals surface area contributed by atoms with E-state index < -0.39 is 10.0 Å². The van der Waals surface area contributed by atoms with Gasteiger partial charge in [0.2, 0.25) is 0 Å². The minimum atomic E-state index is -3.90. The second-order valence-corrected chi connectivity index (χ2v) is 9.43. The first-order valence-corrected chi connectivity index (χ1v) is 12.8. The monoisotopic (exact) mass is 483 g/mol. The Balaban J connectivity index is 1.48. The second-order valence-electron chi connectivity index (χ2n) is 7.78. The van der Waals surface area contributed by atoms with Gasteiger partial charge < -0.3 is 19.7 Å². The van der Waals surface area contributed by atoms with E-state index >= 15 is 0 Å². The van der Waals surface area contributed by atoms with Gasteiger partial charge in [-0.25, -0.2) is 8.42 Å². The molecular formula is C24H29N5O4S. The van der Waals surface area contributed by atoms with Crippen molar-refractivity contribution in [1.82, 2.24) is 10.2 Å². The number of nitrogens with one attached hydrogen (secondary N) is 2. The molecular weight excluding hydrogens is 454 g/mol. The highest BCUT2D eigenvalue weighted by molar-refractivity contribution is 7.92. The number of rotatable bonds is 10. The second kappa shape index (κ2) is 10.6. The molecule has 0 unspecified atom stereocenters. The Hall–Kier alpha value is -3.53. The van der Waals surface area contributed by atoms with E-state index in [0.717, 1.165) is 24.5 Å². The number of hydrogen-bond acceptors (Lipinski definition) is 8. The van der Waals surface area contributed by atoms with Crippen LogP contribution in [0.25, 0.3) is 0 Å². The van der Waals surface area contributed by atoms with E-state index in [0.29, 0.717) is 30.5 Å². The molecule has 180 valence electrons. The van der Waals surface area contributed by atoms with E-state index in [-0.39, 0.29) is 10.6 Å². The first-order valence-electron chi connectivity index (χ1n) is 11.4. The smallest absolute Gasteiger partial charge is 0.265 e. The Kier molecular flexibility index (Phi) is 7.36. The lowest BCUT2D eigenvalue weighted by atomic mass is 10.3. The van der Waals surface area contributed by atoms with Gasteiger partial charge in [-0.05, 0) is 63.1 Å². The summed E-state index contributed by atoms with van der Waals surface area (Å²) >= 11 is 0. The quantitative estimate of drug-likeness (QED) is 0.437. The minimum absolute atomic E-state index is 0.0245. The summed E-state index contributed by atoms with van der Waals surface area (Å²) in [4.78, 5) is 2.31. The molecule has 0 aliphatic carbocycles. The summed E-state index contributed by atoms with van der Waals surface area (Å²) in [5, 5.41) is 11.5. The van der Waals surface area contributed by atoms with E-state index in [1.165, 1.54) is 18.9 Å². The van der Waals surface area contributed by atoms with E-state index in [4.69, 9.17) is 9.47 Å². The van der Waals surface area contributed by atoms with Gasteiger partial charge in [0.05, 0.1) is 25.1 Å². The van der Waals surface area contributed by atoms with Crippen LogP contribution in [0.4, 0.5) is 22.9 Å². The third-order valence-corrected chi connectivity index (χ3v) is 6.74. The van der Waals surface area contributed by atoms with Crippen LogP contribution in [0.15, 0.2) is 59.6 Å². The SMILES string of the molecule is CCOc1ccc(OCC)c(S(=O)(=O)Nc2ccc(Nc3cc(N4CCCC4)cnn3)cc2)c1. The van der Waals surface area contributed by atoms with Crippen molar-refractivity contribution in [1.29, 1.82) is 0 Å². The predicted molar refractivity (Wildman–Crippen MR) is 133 cm³/mol. The third kappa shape index (κ3) is 5.69. The van der Waals surface area contributed by atoms with Crippen LogP contribution in [0.2, 0.25) is 0 Å². The van der Waals surface area contributed by atoms with Crippen LogP contribution in [0.5, 0.6) is 11.5 Å². The third-order valence-electron chi connectivity index (χ3n) is 5.34. The first kappa shape index (κ1) is 23.6. The van der Waals surface area contributed by atoms with Gasteiger partial charge in [-0.3, -0.25) is 4.72 Å². The van der Waals surface area contributed by atoms with Crippen LogP contribution in [0.3, 0.4) is 0 Å². The molecule has 0 radical (unpaired) electrons. The Labute approximate surface area is 200 Å². The lowest BCUT2D eigenvalue weighted by Crippen LogP contribution is -2.18. The van der Waals surface area contributed by atoms with Gasteiger partial charge in [-0.2, -0.15) is 5.10 Å². The lowest BCUT2D eigenvalue weighted by molar-refractivity contribution is 0.322. The zero-order valence-electron chi connectivity index (χ0n) is 19.3. The summed E-state index contributed by atoms with van der Waals surface area (Å²) in [5.41, 5.74) is 2.23. The average molecular weight is 484 g/mol. The van der Waals surface area contributed by atoms with E-state index in [1.54, 1.807) is 49.5 Å². The maximum atomic E-state index is 13.1. The molecule has 10 heteroatoms. The minimum Gasteiger partial charge on any atom is -0.494 e. The van der Waals surface area contributed by atoms with E-state index in [2.05, 4.69) is 25.1 Å². The molecule has 0 saturated carbocycles. The Morgan fingerprint density at radius 2 is 1.65 bits per heavy atom. The summed E-state index contributed by atoms with van der Waals surface area (Å²) in [6.45, 7) is 6.47. The molecule has 3 aromatic rings. The molecule has 9 nitrogen and oxygen atoms in total. The molecule has 1 fully saturated rings. The Morgan fingerprint density at radius 1 is 0.941 bits per heavy atom. The van der Waals surface area contributed by atoms with Gasteiger partial charge in [0.25, 0.3) is 10.0 Å². The molecule has 0 amide bonds. The summed E-state index contributed by atoms with van der Waals surface area (Å²) in [6.07, 6.45) is 4.14. The number of nitrogens with zero attached hydrogens (tertiary/aromatic N) is 3. The van der Waals surface area contributed by atoms with Gasteiger partial charge in [-0.1, -0.05) is 0 Å². The summed E-state index contributed by atoms with van der Waals surface area (Å²) in [7, 11) is -3.90. The number of sulfonamides is 1. The number of hydrogen-bond donors (Lipinski definition) is 2. The maximum absolute atomic E-state index is 13.1. The Bertz CT molecular complexity index is 1210. The van der Waals surface area contributed by atoms with Crippen molar-refractivity contribution in [2.45, 2.75) is 31.6 Å². The van der Waals surface area contributed by atoms with Gasteiger partial charge in [0.15, 0.2) is 5.82 Å². The van der Waals surface area contributed by atoms with Crippen molar-refractivity contribution >= 4 is 32.9 Å². The molecule has 1 aromatic heterocycles. The van der Waals surface area contributed by atoms with Crippen LogP contribution < -0.4 is 24.4 Å². The fourth-order valence-electron chi connectivity index (χ4n) is 3.77. The summed E-state index contributed by atoms with van der Waals surface area (Å²) in [6, 6.07) is 13.7. The van der Waals surface area contributed by atoms with E-state index in [1.807, 2.05) is 13.0 Å². The highest BCUT2D eigenvalue weighted by atomic mass is 32.2. The highest BCUT2D eigenvalue weighted by Gasteiger charge is 2.21. The first-order chi connectivity index (χ1) is 16.5. The summed E-state index contributed by atoms with van der Waals surface area (Å²) < 4.78 is 39.8. The zero-order chi connectivity index (χ0) is 24.0. The van der Waals surface area contributed by atoms with Crippen molar-refractivity contribution in [2.75, 3.05) is 41.2 Å². The summed E-state index contributed by atoms with van der Waals surface area (Å²) in [5.74, 6) is 1.36. The van der Waals surface area contributed by atoms with Crippen LogP contribution in [0, 0.1) is 0 Å². The standard InChI is InChI=1S/C24H29N5O4S/c1-3-32-21-11-12-22(33-4-2)23(16-21)34(30,31)28-19-9-7-18(8-10-19)26-24-15-20(17-25-27-24)29-13-5-6-14-29/h7-12,15-17,28H,3-6,13-14H2,1-2H3,(H,26,27). The van der Waals surface area contributed by atoms with Crippen LogP contribution >= 0.6 is 0 Å². The predicted octanol–water partition coefficient (Wildman–Crippen LogP) is 4.42. The molecule has 1 aliphatic heterocycles.